The quantitative estimate of drug-likeness (QED) is 0.100. The second-order valence-electron chi connectivity index (χ2n) is 14.6. The molecule has 3 N–H and O–H groups in total. The van der Waals surface area contributed by atoms with Crippen molar-refractivity contribution in [1.29, 1.82) is 0 Å². The van der Waals surface area contributed by atoms with Crippen molar-refractivity contribution in [3.05, 3.63) is 35.4 Å². The first kappa shape index (κ1) is 41.1. The standard InChI is InChI=1S/C24H32O6SSi.C6H15N.C4H12NO3/c1-23(2,3)32(5,6)30-21-14-18-17(11-12-24(4)20(18)9-10-22(24)25)16-8-7-15(13-19(16)21)29-31(26,27)28;1-4-7(5-2)6-3;1-5(2-6,3-7)4-8/h7-8,13-14,20H,9-12H2,1-6H3,(H,26,27,28);4-6H2,1-3H3;6-8H,2-4H2,1H3/q;;+1/p-1/t20-,24?;;/m0../s1. The molecule has 0 aromatic heterocycles. The number of hydrogen-bond acceptors (Lipinski definition) is 10. The number of aryl methyl sites for hydroxylation is 1. The Bertz CT molecular complexity index is 1450. The lowest BCUT2D eigenvalue weighted by atomic mass is 9.66. The van der Waals surface area contributed by atoms with Crippen LogP contribution in [0.4, 0.5) is 0 Å². The van der Waals surface area contributed by atoms with Gasteiger partial charge in [0.2, 0.25) is 0 Å². The number of ketones is 1. The van der Waals surface area contributed by atoms with Gasteiger partial charge < -0.3 is 33.4 Å². The summed E-state index contributed by atoms with van der Waals surface area (Å²) >= 11 is 0. The molecule has 268 valence electrons. The molecule has 2 aromatic carbocycles. The number of hydrogen-bond donors (Lipinski definition) is 3. The number of aliphatic hydroxyl groups excluding tert-OH is 3. The Morgan fingerprint density at radius 2 is 1.55 bits per heavy atom. The molecule has 1 saturated carbocycles. The summed E-state index contributed by atoms with van der Waals surface area (Å²) in [6, 6.07) is 6.98. The molecule has 0 radical (unpaired) electrons. The summed E-state index contributed by atoms with van der Waals surface area (Å²) < 4.78 is 44.7. The molecule has 0 heterocycles. The van der Waals surface area contributed by atoms with E-state index < -0.39 is 18.7 Å². The first-order valence-corrected chi connectivity index (χ1v) is 20.8. The summed E-state index contributed by atoms with van der Waals surface area (Å²) in [4.78, 5) is 15.1. The van der Waals surface area contributed by atoms with Gasteiger partial charge in [-0.05, 0) is 97.7 Å². The molecule has 13 heteroatoms. The predicted octanol–water partition coefficient (Wildman–Crippen LogP) is 5.09. The van der Waals surface area contributed by atoms with Crippen LogP contribution in [0.3, 0.4) is 0 Å². The van der Waals surface area contributed by atoms with E-state index in [1.54, 1.807) is 13.1 Å². The van der Waals surface area contributed by atoms with Crippen LogP contribution in [0, 0.1) is 5.41 Å². The second kappa shape index (κ2) is 16.1. The highest BCUT2D eigenvalue weighted by Crippen LogP contribution is 2.56. The Balaban J connectivity index is 0.000000426. The molecule has 1 fully saturated rings. The fraction of sp³-hybridized carbons (Fsp3) is 0.676. The van der Waals surface area contributed by atoms with E-state index in [2.05, 4.69) is 76.7 Å². The molecular weight excluding hydrogens is 641 g/mol. The molecular formula is C34H58N2O9SSi. The largest absolute Gasteiger partial charge is 0.716 e. The van der Waals surface area contributed by atoms with Gasteiger partial charge >= 0.3 is 0 Å². The topological polar surface area (TPSA) is 157 Å². The van der Waals surface area contributed by atoms with Gasteiger partial charge in [0.1, 0.15) is 17.3 Å². The fourth-order valence-electron chi connectivity index (χ4n) is 5.80. The van der Waals surface area contributed by atoms with E-state index >= 15 is 0 Å². The van der Waals surface area contributed by atoms with Gasteiger partial charge in [0.15, 0.2) is 20.2 Å². The maximum atomic E-state index is 12.7. The molecule has 2 atom stereocenters. The van der Waals surface area contributed by atoms with Crippen LogP contribution < -0.4 is 8.61 Å². The zero-order chi connectivity index (χ0) is 36.0. The maximum absolute atomic E-state index is 12.7. The van der Waals surface area contributed by atoms with E-state index in [0.717, 1.165) is 35.6 Å². The lowest BCUT2D eigenvalue weighted by molar-refractivity contribution is -0.959. The SMILES string of the molecule is CC12CCc3c(cc(O[Si](C)(C)C(C)(C)C)c4cc(OS(=O)(=O)[O-])ccc34)[C@@H]1CCC2=O.CCN(CC)CC.C[N+](CO)(CO)CO. The van der Waals surface area contributed by atoms with Gasteiger partial charge in [0.25, 0.3) is 18.7 Å². The summed E-state index contributed by atoms with van der Waals surface area (Å²) in [5.74, 6) is 1.14. The van der Waals surface area contributed by atoms with Gasteiger partial charge in [-0.15, -0.1) is 0 Å². The summed E-state index contributed by atoms with van der Waals surface area (Å²) in [5.41, 5.74) is 2.00. The van der Waals surface area contributed by atoms with Gasteiger partial charge in [-0.2, -0.15) is 0 Å². The molecule has 47 heavy (non-hydrogen) atoms. The first-order chi connectivity index (χ1) is 21.7. The first-order valence-electron chi connectivity index (χ1n) is 16.5. The average Bonchev–Trinajstić information content (AvgIpc) is 3.31. The van der Waals surface area contributed by atoms with Crippen LogP contribution in [0.1, 0.15) is 84.8 Å². The van der Waals surface area contributed by atoms with E-state index in [9.17, 15) is 17.8 Å². The van der Waals surface area contributed by atoms with Crippen molar-refractivity contribution in [2.75, 3.05) is 46.9 Å². The molecule has 0 saturated heterocycles. The van der Waals surface area contributed by atoms with Crippen molar-refractivity contribution in [2.24, 2.45) is 5.41 Å². The molecule has 1 unspecified atom stereocenters. The monoisotopic (exact) mass is 698 g/mol. The number of carbonyl (C=O) groups is 1. The van der Waals surface area contributed by atoms with Crippen molar-refractivity contribution in [2.45, 2.75) is 98.2 Å². The highest BCUT2D eigenvalue weighted by atomic mass is 32.3. The molecule has 0 bridgehead atoms. The van der Waals surface area contributed by atoms with E-state index in [4.69, 9.17) is 19.7 Å². The zero-order valence-electron chi connectivity index (χ0n) is 30.1. The van der Waals surface area contributed by atoms with Crippen LogP contribution in [-0.2, 0) is 21.6 Å². The third kappa shape index (κ3) is 9.97. The van der Waals surface area contributed by atoms with Crippen LogP contribution in [0.2, 0.25) is 18.1 Å². The Morgan fingerprint density at radius 1 is 1.00 bits per heavy atom. The van der Waals surface area contributed by atoms with Crippen molar-refractivity contribution >= 4 is 35.3 Å². The van der Waals surface area contributed by atoms with E-state index in [1.165, 1.54) is 31.3 Å². The Labute approximate surface area is 283 Å². The summed E-state index contributed by atoms with van der Waals surface area (Å²) in [5, 5.41) is 27.0. The smallest absolute Gasteiger partial charge is 0.262 e. The van der Waals surface area contributed by atoms with Crippen molar-refractivity contribution in [3.8, 4) is 11.5 Å². The molecule has 2 aliphatic carbocycles. The number of quaternary nitrogens is 1. The third-order valence-electron chi connectivity index (χ3n) is 10.3. The highest BCUT2D eigenvalue weighted by molar-refractivity contribution is 7.81. The number of rotatable bonds is 10. The molecule has 0 amide bonds. The molecule has 2 aromatic rings. The number of Topliss-reactive ketones (excluding diaryl/α,β-unsaturated/α-hetero) is 1. The minimum atomic E-state index is -4.88. The molecule has 4 rings (SSSR count). The number of aliphatic hydroxyl groups is 3. The Kier molecular flexibility index (Phi) is 14.0. The van der Waals surface area contributed by atoms with Crippen LogP contribution >= 0.6 is 0 Å². The van der Waals surface area contributed by atoms with Gasteiger partial charge in [0.05, 0.1) is 7.05 Å². The third-order valence-corrected chi connectivity index (χ3v) is 15.0. The lowest BCUT2D eigenvalue weighted by Gasteiger charge is -2.40. The van der Waals surface area contributed by atoms with Crippen molar-refractivity contribution in [3.63, 3.8) is 0 Å². The van der Waals surface area contributed by atoms with Gasteiger partial charge in [-0.1, -0.05) is 54.5 Å². The Morgan fingerprint density at radius 3 is 1.98 bits per heavy atom. The van der Waals surface area contributed by atoms with E-state index in [-0.39, 0.29) is 46.8 Å². The minimum absolute atomic E-state index is 0.0239. The normalized spacial score (nSPS) is 19.7. The molecule has 0 spiro atoms. The average molecular weight is 699 g/mol. The number of fused-ring (bicyclic) bond motifs is 5. The van der Waals surface area contributed by atoms with Gasteiger partial charge in [-0.25, -0.2) is 8.42 Å². The molecule has 11 nitrogen and oxygen atoms in total. The Hall–Kier alpha value is -2.10. The van der Waals surface area contributed by atoms with Crippen LogP contribution in [0.15, 0.2) is 24.3 Å². The van der Waals surface area contributed by atoms with Crippen LogP contribution in [-0.4, -0.2) is 98.6 Å². The highest BCUT2D eigenvalue weighted by Gasteiger charge is 2.49. The fourth-order valence-corrected chi connectivity index (χ4v) is 7.16. The van der Waals surface area contributed by atoms with Crippen LogP contribution in [0.5, 0.6) is 11.5 Å². The van der Waals surface area contributed by atoms with E-state index in [0.29, 0.717) is 18.0 Å². The van der Waals surface area contributed by atoms with Crippen molar-refractivity contribution < 1.29 is 46.2 Å². The lowest BCUT2D eigenvalue weighted by Crippen LogP contribution is -2.46. The summed E-state index contributed by atoms with van der Waals surface area (Å²) in [6.45, 7) is 22.3. The van der Waals surface area contributed by atoms with Gasteiger partial charge in [-0.3, -0.25) is 9.28 Å². The number of nitrogens with zero attached hydrogens (tertiary/aromatic N) is 2. The van der Waals surface area contributed by atoms with Crippen LogP contribution in [0.25, 0.3) is 10.8 Å². The summed E-state index contributed by atoms with van der Waals surface area (Å²) in [6.07, 6.45) is 3.01. The molecule has 2 aliphatic rings. The minimum Gasteiger partial charge on any atom is -0.716 e. The summed E-state index contributed by atoms with van der Waals surface area (Å²) in [7, 11) is -5.56. The van der Waals surface area contributed by atoms with Crippen molar-refractivity contribution in [1.82, 2.24) is 4.90 Å². The molecule has 0 aliphatic heterocycles. The zero-order valence-corrected chi connectivity index (χ0v) is 31.9. The number of carbonyl (C=O) groups excluding carboxylic acids is 1. The second-order valence-corrected chi connectivity index (χ2v) is 20.3. The predicted molar refractivity (Wildman–Crippen MR) is 186 cm³/mol. The number of benzene rings is 2. The maximum Gasteiger partial charge on any atom is 0.262 e. The van der Waals surface area contributed by atoms with E-state index in [1.807, 2.05) is 6.07 Å². The van der Waals surface area contributed by atoms with Gasteiger partial charge in [0, 0.05) is 17.2 Å².